The molecule has 2 rings (SSSR count). The van der Waals surface area contributed by atoms with E-state index in [1.165, 1.54) is 5.56 Å². The van der Waals surface area contributed by atoms with Gasteiger partial charge in [-0.25, -0.2) is 0 Å². The summed E-state index contributed by atoms with van der Waals surface area (Å²) in [5.41, 5.74) is 1.17. The Labute approximate surface area is 122 Å². The van der Waals surface area contributed by atoms with Crippen molar-refractivity contribution in [3.8, 4) is 0 Å². The molecule has 0 bridgehead atoms. The second-order valence-electron chi connectivity index (χ2n) is 6.05. The van der Waals surface area contributed by atoms with Gasteiger partial charge in [0.1, 0.15) is 6.17 Å². The monoisotopic (exact) mass is 274 g/mol. The number of hydrogen-bond acceptors (Lipinski definition) is 2. The Morgan fingerprint density at radius 3 is 2.50 bits per heavy atom. The predicted molar refractivity (Wildman–Crippen MR) is 82.2 cm³/mol. The molecule has 1 N–H and O–H groups in total. The maximum Gasteiger partial charge on any atom is 0.241 e. The van der Waals surface area contributed by atoms with Gasteiger partial charge in [0.05, 0.1) is 6.04 Å². The normalized spacial score (nSPS) is 25.8. The van der Waals surface area contributed by atoms with Gasteiger partial charge in [0.2, 0.25) is 5.91 Å². The molecule has 1 amide bonds. The van der Waals surface area contributed by atoms with Crippen molar-refractivity contribution in [2.24, 2.45) is 5.92 Å². The molecule has 4 atom stereocenters. The van der Waals surface area contributed by atoms with Crippen LogP contribution in [-0.4, -0.2) is 22.9 Å². The fourth-order valence-electron chi connectivity index (χ4n) is 2.97. The third kappa shape index (κ3) is 3.04. The highest BCUT2D eigenvalue weighted by Crippen LogP contribution is 2.29. The quantitative estimate of drug-likeness (QED) is 0.893. The molecular weight excluding hydrogens is 248 g/mol. The van der Waals surface area contributed by atoms with Gasteiger partial charge >= 0.3 is 0 Å². The second-order valence-corrected chi connectivity index (χ2v) is 6.05. The molecule has 1 aliphatic rings. The number of hydrogen-bond donors (Lipinski definition) is 1. The maximum atomic E-state index is 12.5. The van der Waals surface area contributed by atoms with E-state index in [4.69, 9.17) is 0 Å². The Morgan fingerprint density at radius 2 is 1.90 bits per heavy atom. The van der Waals surface area contributed by atoms with Crippen molar-refractivity contribution in [1.82, 2.24) is 10.2 Å². The van der Waals surface area contributed by atoms with E-state index < -0.39 is 0 Å². The molecule has 3 heteroatoms. The van der Waals surface area contributed by atoms with Crippen molar-refractivity contribution >= 4 is 5.91 Å². The highest BCUT2D eigenvalue weighted by Gasteiger charge is 2.39. The van der Waals surface area contributed by atoms with Crippen LogP contribution in [0.15, 0.2) is 30.3 Å². The summed E-state index contributed by atoms with van der Waals surface area (Å²) in [4.78, 5) is 14.5. The van der Waals surface area contributed by atoms with Crippen molar-refractivity contribution in [2.75, 3.05) is 0 Å². The lowest BCUT2D eigenvalue weighted by atomic mass is 9.98. The first-order valence-corrected chi connectivity index (χ1v) is 7.67. The molecule has 110 valence electrons. The van der Waals surface area contributed by atoms with Crippen LogP contribution in [0.2, 0.25) is 0 Å². The van der Waals surface area contributed by atoms with Crippen molar-refractivity contribution in [3.63, 3.8) is 0 Å². The summed E-state index contributed by atoms with van der Waals surface area (Å²) in [6.07, 6.45) is 2.23. The zero-order valence-electron chi connectivity index (χ0n) is 13.0. The molecule has 0 spiro atoms. The number of rotatable bonds is 5. The summed E-state index contributed by atoms with van der Waals surface area (Å²) in [6, 6.07) is 10.4. The topological polar surface area (TPSA) is 32.3 Å². The van der Waals surface area contributed by atoms with E-state index in [1.54, 1.807) is 0 Å². The van der Waals surface area contributed by atoms with Crippen molar-refractivity contribution < 1.29 is 4.79 Å². The summed E-state index contributed by atoms with van der Waals surface area (Å²) in [7, 11) is 0. The average Bonchev–Trinajstić information content (AvgIpc) is 2.75. The van der Waals surface area contributed by atoms with Crippen LogP contribution < -0.4 is 5.32 Å². The number of amides is 1. The summed E-state index contributed by atoms with van der Waals surface area (Å²) >= 11 is 0. The molecule has 1 aromatic carbocycles. The van der Waals surface area contributed by atoms with Gasteiger partial charge in [-0.2, -0.15) is 0 Å². The van der Waals surface area contributed by atoms with Crippen LogP contribution in [0, 0.1) is 5.92 Å². The van der Waals surface area contributed by atoms with Gasteiger partial charge < -0.3 is 4.90 Å². The Bertz CT molecular complexity index is 446. The summed E-state index contributed by atoms with van der Waals surface area (Å²) < 4.78 is 0. The molecule has 1 fully saturated rings. The first kappa shape index (κ1) is 15.0. The number of nitrogens with zero attached hydrogens (tertiary/aromatic N) is 1. The van der Waals surface area contributed by atoms with Crippen LogP contribution in [0.4, 0.5) is 0 Å². The van der Waals surface area contributed by atoms with Crippen LogP contribution in [0.5, 0.6) is 0 Å². The van der Waals surface area contributed by atoms with Crippen LogP contribution >= 0.6 is 0 Å². The molecule has 3 nitrogen and oxygen atoms in total. The molecule has 1 aliphatic heterocycles. The third-order valence-electron chi connectivity index (χ3n) is 4.34. The summed E-state index contributed by atoms with van der Waals surface area (Å²) in [6.45, 7) is 8.58. The molecule has 0 aromatic heterocycles. The van der Waals surface area contributed by atoms with Gasteiger partial charge in [0.15, 0.2) is 0 Å². The van der Waals surface area contributed by atoms with Gasteiger partial charge in [-0.15, -0.1) is 0 Å². The van der Waals surface area contributed by atoms with E-state index >= 15 is 0 Å². The van der Waals surface area contributed by atoms with Crippen LogP contribution in [-0.2, 0) is 4.79 Å². The van der Waals surface area contributed by atoms with Crippen molar-refractivity contribution in [3.05, 3.63) is 35.9 Å². The van der Waals surface area contributed by atoms with Crippen LogP contribution in [0.25, 0.3) is 0 Å². The molecule has 0 saturated carbocycles. The molecule has 20 heavy (non-hydrogen) atoms. The van der Waals surface area contributed by atoms with E-state index in [9.17, 15) is 4.79 Å². The van der Waals surface area contributed by atoms with Gasteiger partial charge in [0, 0.05) is 6.04 Å². The summed E-state index contributed by atoms with van der Waals surface area (Å²) in [5.74, 6) is 0.861. The largest absolute Gasteiger partial charge is 0.319 e. The Balaban J connectivity index is 2.20. The summed E-state index contributed by atoms with van der Waals surface area (Å²) in [5, 5.41) is 3.42. The predicted octanol–water partition coefficient (Wildman–Crippen LogP) is 3.33. The fourth-order valence-corrected chi connectivity index (χ4v) is 2.97. The minimum absolute atomic E-state index is 0.0118. The molecule has 1 aromatic rings. The van der Waals surface area contributed by atoms with Crippen molar-refractivity contribution in [2.45, 2.75) is 58.8 Å². The lowest BCUT2D eigenvalue weighted by Gasteiger charge is -2.32. The Morgan fingerprint density at radius 1 is 1.25 bits per heavy atom. The first-order valence-electron chi connectivity index (χ1n) is 7.67. The maximum absolute atomic E-state index is 12.5. The van der Waals surface area contributed by atoms with Gasteiger partial charge in [0.25, 0.3) is 0 Å². The minimum atomic E-state index is -0.0976. The minimum Gasteiger partial charge on any atom is -0.319 e. The zero-order valence-corrected chi connectivity index (χ0v) is 13.0. The highest BCUT2D eigenvalue weighted by atomic mass is 16.2. The van der Waals surface area contributed by atoms with Crippen LogP contribution in [0.1, 0.15) is 52.3 Å². The van der Waals surface area contributed by atoms with E-state index in [0.29, 0.717) is 5.92 Å². The average molecular weight is 274 g/mol. The Kier molecular flexibility index (Phi) is 4.81. The smallest absolute Gasteiger partial charge is 0.241 e. The SMILES string of the molecule is CCC(C)CC(C)N1C(=O)C(C)NC1c1ccccc1. The molecule has 1 heterocycles. The first-order chi connectivity index (χ1) is 9.54. The standard InChI is InChI=1S/C17H26N2O/c1-5-12(2)11-13(3)19-16(18-14(4)17(19)20)15-9-7-6-8-10-15/h6-10,12-14,16,18H,5,11H2,1-4H3. The number of nitrogens with one attached hydrogen (secondary N) is 1. The molecule has 0 radical (unpaired) electrons. The fraction of sp³-hybridized carbons (Fsp3) is 0.588. The third-order valence-corrected chi connectivity index (χ3v) is 4.34. The molecular formula is C17H26N2O. The number of carbonyl (C=O) groups excluding carboxylic acids is 1. The van der Waals surface area contributed by atoms with Gasteiger partial charge in [-0.3, -0.25) is 10.1 Å². The van der Waals surface area contributed by atoms with Crippen molar-refractivity contribution in [1.29, 1.82) is 0 Å². The van der Waals surface area contributed by atoms with E-state index in [2.05, 4.69) is 38.2 Å². The van der Waals surface area contributed by atoms with Crippen LogP contribution in [0.3, 0.4) is 0 Å². The number of carbonyl (C=O) groups is 1. The van der Waals surface area contributed by atoms with Gasteiger partial charge in [-0.1, -0.05) is 50.6 Å². The van der Waals surface area contributed by atoms with E-state index in [0.717, 1.165) is 12.8 Å². The lowest BCUT2D eigenvalue weighted by Crippen LogP contribution is -2.39. The molecule has 0 aliphatic carbocycles. The highest BCUT2D eigenvalue weighted by molar-refractivity contribution is 5.84. The molecule has 4 unspecified atom stereocenters. The zero-order chi connectivity index (χ0) is 14.7. The van der Waals surface area contributed by atoms with Gasteiger partial charge in [-0.05, 0) is 31.7 Å². The van der Waals surface area contributed by atoms with E-state index in [1.807, 2.05) is 30.0 Å². The lowest BCUT2D eigenvalue weighted by molar-refractivity contribution is -0.132. The molecule has 1 saturated heterocycles. The second kappa shape index (κ2) is 6.40. The number of benzene rings is 1. The Hall–Kier alpha value is -1.35. The van der Waals surface area contributed by atoms with E-state index in [-0.39, 0.29) is 24.2 Å².